The minimum atomic E-state index is -0.187. The van der Waals surface area contributed by atoms with E-state index in [1.807, 2.05) is 61.5 Å². The third-order valence-electron chi connectivity index (χ3n) is 4.99. The van der Waals surface area contributed by atoms with E-state index >= 15 is 0 Å². The standard InChI is InChI=1S/C24H25NO2/c1-18-10-13-22(14-11-18)25(26)17-19-16-21(12-15-23(19)27-4)24(2,3)20-8-6-5-7-9-20/h5-17H,1-4H3/b25-17-. The van der Waals surface area contributed by atoms with Crippen LogP contribution in [0.4, 0.5) is 5.69 Å². The Balaban J connectivity index is 2.04. The third-order valence-corrected chi connectivity index (χ3v) is 4.99. The maximum atomic E-state index is 12.6. The summed E-state index contributed by atoms with van der Waals surface area (Å²) in [5.41, 5.74) is 4.63. The number of ether oxygens (including phenoxy) is 1. The largest absolute Gasteiger partial charge is 0.618 e. The van der Waals surface area contributed by atoms with Crippen molar-refractivity contribution in [3.05, 3.63) is 100 Å². The van der Waals surface area contributed by atoms with Crippen LogP contribution in [0.2, 0.25) is 0 Å². The second kappa shape index (κ2) is 7.67. The Morgan fingerprint density at radius 2 is 1.56 bits per heavy atom. The van der Waals surface area contributed by atoms with E-state index in [0.717, 1.165) is 21.4 Å². The minimum Gasteiger partial charge on any atom is -0.618 e. The summed E-state index contributed by atoms with van der Waals surface area (Å²) in [6, 6.07) is 23.9. The summed E-state index contributed by atoms with van der Waals surface area (Å²) in [7, 11) is 1.62. The fourth-order valence-electron chi connectivity index (χ4n) is 3.14. The Labute approximate surface area is 161 Å². The van der Waals surface area contributed by atoms with E-state index in [-0.39, 0.29) is 5.41 Å². The van der Waals surface area contributed by atoms with E-state index in [2.05, 4.69) is 32.0 Å². The summed E-state index contributed by atoms with van der Waals surface area (Å²) in [6.45, 7) is 6.37. The van der Waals surface area contributed by atoms with Gasteiger partial charge in [-0.2, -0.15) is 4.74 Å². The summed E-state index contributed by atoms with van der Waals surface area (Å²) in [4.78, 5) is 0. The molecule has 0 saturated heterocycles. The zero-order valence-corrected chi connectivity index (χ0v) is 16.3. The molecule has 3 heteroatoms. The van der Waals surface area contributed by atoms with Crippen LogP contribution in [0.1, 0.15) is 36.1 Å². The van der Waals surface area contributed by atoms with Crippen LogP contribution < -0.4 is 4.74 Å². The number of hydrogen-bond acceptors (Lipinski definition) is 2. The summed E-state index contributed by atoms with van der Waals surface area (Å²) in [5.74, 6) is 0.676. The van der Waals surface area contributed by atoms with Crippen LogP contribution in [-0.2, 0) is 5.41 Å². The van der Waals surface area contributed by atoms with Gasteiger partial charge in [-0.1, -0.05) is 67.9 Å². The molecule has 27 heavy (non-hydrogen) atoms. The number of nitrogens with zero attached hydrogens (tertiary/aromatic N) is 1. The van der Waals surface area contributed by atoms with Crippen molar-refractivity contribution in [1.82, 2.24) is 0 Å². The summed E-state index contributed by atoms with van der Waals surface area (Å²) < 4.78 is 6.36. The highest BCUT2D eigenvalue weighted by Gasteiger charge is 2.24. The molecule has 0 amide bonds. The highest BCUT2D eigenvalue weighted by molar-refractivity contribution is 5.81. The van der Waals surface area contributed by atoms with Crippen molar-refractivity contribution in [3.8, 4) is 5.75 Å². The predicted octanol–water partition coefficient (Wildman–Crippen LogP) is 5.59. The van der Waals surface area contributed by atoms with Crippen molar-refractivity contribution < 1.29 is 9.48 Å². The van der Waals surface area contributed by atoms with Gasteiger partial charge in [-0.25, -0.2) is 0 Å². The quantitative estimate of drug-likeness (QED) is 0.258. The first-order chi connectivity index (χ1) is 12.9. The van der Waals surface area contributed by atoms with Gasteiger partial charge < -0.3 is 9.94 Å². The van der Waals surface area contributed by atoms with Gasteiger partial charge in [-0.05, 0) is 30.2 Å². The molecule has 3 aromatic carbocycles. The molecule has 138 valence electrons. The molecule has 0 radical (unpaired) electrons. The molecule has 0 fully saturated rings. The fourth-order valence-corrected chi connectivity index (χ4v) is 3.14. The normalized spacial score (nSPS) is 12.1. The molecule has 3 aromatic rings. The molecule has 3 rings (SSSR count). The lowest BCUT2D eigenvalue weighted by Crippen LogP contribution is -2.19. The Kier molecular flexibility index (Phi) is 5.31. The van der Waals surface area contributed by atoms with E-state index in [4.69, 9.17) is 4.74 Å². The summed E-state index contributed by atoms with van der Waals surface area (Å²) in [6.07, 6.45) is 1.58. The first kappa shape index (κ1) is 18.7. The lowest BCUT2D eigenvalue weighted by Gasteiger charge is -2.26. The van der Waals surface area contributed by atoms with Crippen LogP contribution in [0.15, 0.2) is 72.8 Å². The van der Waals surface area contributed by atoms with Crippen molar-refractivity contribution in [2.24, 2.45) is 0 Å². The van der Waals surface area contributed by atoms with Gasteiger partial charge in [0.15, 0.2) is 6.21 Å². The van der Waals surface area contributed by atoms with Gasteiger partial charge in [0.05, 0.1) is 12.7 Å². The lowest BCUT2D eigenvalue weighted by molar-refractivity contribution is -0.354. The van der Waals surface area contributed by atoms with Gasteiger partial charge in [0, 0.05) is 17.5 Å². The molecule has 0 atom stereocenters. The molecular weight excluding hydrogens is 334 g/mol. The number of rotatable bonds is 5. The molecule has 3 nitrogen and oxygen atoms in total. The minimum absolute atomic E-state index is 0.187. The molecule has 0 aliphatic rings. The molecular formula is C24H25NO2. The van der Waals surface area contributed by atoms with Crippen LogP contribution in [0.3, 0.4) is 0 Å². The second-order valence-electron chi connectivity index (χ2n) is 7.24. The van der Waals surface area contributed by atoms with Crippen molar-refractivity contribution in [2.45, 2.75) is 26.2 Å². The van der Waals surface area contributed by atoms with Gasteiger partial charge in [-0.15, -0.1) is 0 Å². The Bertz CT molecular complexity index is 942. The third kappa shape index (κ3) is 4.03. The van der Waals surface area contributed by atoms with Crippen molar-refractivity contribution in [3.63, 3.8) is 0 Å². The SMILES string of the molecule is COc1ccc(C(C)(C)c2ccccc2)cc1/C=[N+](\[O-])c1ccc(C)cc1. The summed E-state index contributed by atoms with van der Waals surface area (Å²) in [5, 5.41) is 12.6. The monoisotopic (exact) mass is 359 g/mol. The van der Waals surface area contributed by atoms with E-state index < -0.39 is 0 Å². The van der Waals surface area contributed by atoms with Crippen molar-refractivity contribution in [1.29, 1.82) is 0 Å². The van der Waals surface area contributed by atoms with Gasteiger partial charge >= 0.3 is 0 Å². The number of hydrogen-bond donors (Lipinski definition) is 0. The molecule has 0 aliphatic carbocycles. The second-order valence-corrected chi connectivity index (χ2v) is 7.24. The van der Waals surface area contributed by atoms with Crippen LogP contribution in [0, 0.1) is 12.1 Å². The highest BCUT2D eigenvalue weighted by Crippen LogP contribution is 2.33. The Hall–Kier alpha value is -3.07. The van der Waals surface area contributed by atoms with E-state index in [1.165, 1.54) is 5.56 Å². The van der Waals surface area contributed by atoms with Gasteiger partial charge in [-0.3, -0.25) is 0 Å². The first-order valence-electron chi connectivity index (χ1n) is 9.04. The van der Waals surface area contributed by atoms with Gasteiger partial charge in [0.25, 0.3) is 0 Å². The molecule has 0 heterocycles. The number of benzene rings is 3. The smallest absolute Gasteiger partial charge is 0.216 e. The molecule has 0 bridgehead atoms. The van der Waals surface area contributed by atoms with E-state index in [0.29, 0.717) is 11.4 Å². The van der Waals surface area contributed by atoms with Crippen LogP contribution in [0.5, 0.6) is 5.75 Å². The number of methoxy groups -OCH3 is 1. The topological polar surface area (TPSA) is 35.3 Å². The average Bonchev–Trinajstić information content (AvgIpc) is 2.69. The predicted molar refractivity (Wildman–Crippen MR) is 111 cm³/mol. The molecule has 0 aliphatic heterocycles. The Morgan fingerprint density at radius 3 is 2.19 bits per heavy atom. The maximum Gasteiger partial charge on any atom is 0.216 e. The fraction of sp³-hybridized carbons (Fsp3) is 0.208. The van der Waals surface area contributed by atoms with Gasteiger partial charge in [0.2, 0.25) is 5.69 Å². The van der Waals surface area contributed by atoms with E-state index in [9.17, 15) is 5.21 Å². The number of aryl methyl sites for hydroxylation is 1. The zero-order chi connectivity index (χ0) is 19.4. The molecule has 0 spiro atoms. The molecule has 0 aromatic heterocycles. The van der Waals surface area contributed by atoms with Crippen molar-refractivity contribution in [2.75, 3.05) is 7.11 Å². The molecule has 0 N–H and O–H groups in total. The lowest BCUT2D eigenvalue weighted by atomic mass is 9.77. The molecule has 0 saturated carbocycles. The Morgan fingerprint density at radius 1 is 0.889 bits per heavy atom. The van der Waals surface area contributed by atoms with Crippen LogP contribution in [-0.4, -0.2) is 18.1 Å². The maximum absolute atomic E-state index is 12.6. The van der Waals surface area contributed by atoms with Crippen molar-refractivity contribution >= 4 is 11.9 Å². The van der Waals surface area contributed by atoms with E-state index in [1.54, 1.807) is 13.3 Å². The zero-order valence-electron chi connectivity index (χ0n) is 16.3. The highest BCUT2D eigenvalue weighted by atomic mass is 16.5. The summed E-state index contributed by atoms with van der Waals surface area (Å²) >= 11 is 0. The average molecular weight is 359 g/mol. The van der Waals surface area contributed by atoms with Crippen LogP contribution >= 0.6 is 0 Å². The van der Waals surface area contributed by atoms with Crippen LogP contribution in [0.25, 0.3) is 0 Å². The first-order valence-corrected chi connectivity index (χ1v) is 9.04. The van der Waals surface area contributed by atoms with Gasteiger partial charge in [0.1, 0.15) is 5.75 Å². The molecule has 0 unspecified atom stereocenters.